The zero-order chi connectivity index (χ0) is 53.7. The quantitative estimate of drug-likeness (QED) is 0.0125. The molecule has 76 heavy (non-hydrogen) atoms. The summed E-state index contributed by atoms with van der Waals surface area (Å²) < 4.78 is 50.5. The fourth-order valence-electron chi connectivity index (χ4n) is 7.53. The number of morpholine rings is 1. The molecule has 1 aliphatic rings. The number of nitrogens with zero attached hydrogens (tertiary/aromatic N) is 3. The zero-order valence-electron chi connectivity index (χ0n) is 43.8. The van der Waals surface area contributed by atoms with Crippen LogP contribution in [0.4, 0.5) is 30.7 Å². The number of aromatic nitrogens is 2. The van der Waals surface area contributed by atoms with E-state index in [1.807, 2.05) is 66.7 Å². The number of aryl methyl sites for hydroxylation is 1. The first-order valence-electron chi connectivity index (χ1n) is 26.3. The summed E-state index contributed by atoms with van der Waals surface area (Å²) in [4.78, 5) is 52.3. The highest BCUT2D eigenvalue weighted by Crippen LogP contribution is 2.32. The van der Waals surface area contributed by atoms with E-state index in [1.165, 1.54) is 0 Å². The summed E-state index contributed by atoms with van der Waals surface area (Å²) in [6, 6.07) is 20.5. The Labute approximate surface area is 450 Å². The van der Waals surface area contributed by atoms with Crippen molar-refractivity contribution in [2.75, 3.05) is 142 Å². The van der Waals surface area contributed by atoms with Crippen molar-refractivity contribution in [3.63, 3.8) is 0 Å². The van der Waals surface area contributed by atoms with Crippen molar-refractivity contribution in [2.45, 2.75) is 58.4 Å². The number of rotatable bonds is 37. The summed E-state index contributed by atoms with van der Waals surface area (Å²) in [6.07, 6.45) is 8.25. The molecule has 418 valence electrons. The van der Waals surface area contributed by atoms with E-state index in [4.69, 9.17) is 59.3 Å². The molecule has 2 heterocycles. The number of ether oxygens (including phenoxy) is 9. The molecule has 21 nitrogen and oxygen atoms in total. The maximum Gasteiger partial charge on any atom is 0.407 e. The van der Waals surface area contributed by atoms with Gasteiger partial charge in [-0.3, -0.25) is 10.2 Å². The molecule has 0 aliphatic carbocycles. The zero-order valence-corrected chi connectivity index (χ0v) is 44.6. The largest absolute Gasteiger partial charge is 0.492 e. The molecule has 5 N–H and O–H groups in total. The maximum absolute atomic E-state index is 13.6. The van der Waals surface area contributed by atoms with Gasteiger partial charge in [-0.2, -0.15) is 5.10 Å². The van der Waals surface area contributed by atoms with Crippen LogP contribution in [0.2, 0.25) is 0 Å². The number of nitrogens with one attached hydrogen (secondary N) is 5. The Morgan fingerprint density at radius 1 is 0.658 bits per heavy atom. The molecule has 4 aromatic rings. The Hall–Kier alpha value is -6.20. The first-order chi connectivity index (χ1) is 37.3. The van der Waals surface area contributed by atoms with Crippen LogP contribution in [-0.4, -0.2) is 170 Å². The number of carbonyl (C=O) groups is 4. The van der Waals surface area contributed by atoms with E-state index in [0.717, 1.165) is 106 Å². The van der Waals surface area contributed by atoms with Gasteiger partial charge in [0.1, 0.15) is 38.0 Å². The summed E-state index contributed by atoms with van der Waals surface area (Å²) in [7, 11) is 0. The molecule has 0 bridgehead atoms. The number of alkyl carbamates (subject to hydrolysis) is 3. The van der Waals surface area contributed by atoms with Crippen molar-refractivity contribution in [1.29, 1.82) is 0 Å². The predicted octanol–water partition coefficient (Wildman–Crippen LogP) is 7.82. The third-order valence-corrected chi connectivity index (χ3v) is 11.7. The van der Waals surface area contributed by atoms with Crippen molar-refractivity contribution in [3.05, 3.63) is 90.1 Å². The molecule has 5 rings (SSSR count). The number of urea groups is 1. The van der Waals surface area contributed by atoms with Crippen LogP contribution in [0.25, 0.3) is 16.5 Å². The smallest absolute Gasteiger partial charge is 0.407 e. The highest BCUT2D eigenvalue weighted by atomic mass is 35.5. The molecule has 3 aromatic carbocycles. The minimum absolute atomic E-state index is 0.0276. The summed E-state index contributed by atoms with van der Waals surface area (Å²) in [5, 5.41) is 20.5. The van der Waals surface area contributed by atoms with Crippen molar-refractivity contribution in [1.82, 2.24) is 30.6 Å². The Balaban J connectivity index is 0.906. The number of alkyl halides is 1. The molecule has 0 unspecified atom stereocenters. The van der Waals surface area contributed by atoms with E-state index in [0.29, 0.717) is 62.7 Å². The average Bonchev–Trinajstić information content (AvgIpc) is 3.84. The van der Waals surface area contributed by atoms with Crippen LogP contribution < -0.4 is 31.3 Å². The van der Waals surface area contributed by atoms with Crippen LogP contribution >= 0.6 is 11.6 Å². The van der Waals surface area contributed by atoms with Crippen molar-refractivity contribution in [3.8, 4) is 11.4 Å². The van der Waals surface area contributed by atoms with E-state index in [9.17, 15) is 19.2 Å². The Morgan fingerprint density at radius 3 is 2.04 bits per heavy atom. The maximum atomic E-state index is 13.6. The van der Waals surface area contributed by atoms with Gasteiger partial charge in [0.2, 0.25) is 0 Å². The topological polar surface area (TPSA) is 233 Å². The fourth-order valence-corrected chi connectivity index (χ4v) is 7.72. The van der Waals surface area contributed by atoms with Crippen molar-refractivity contribution < 1.29 is 61.8 Å². The molecule has 0 saturated carbocycles. The third-order valence-electron chi connectivity index (χ3n) is 11.5. The number of unbranched alkanes of at least 4 members (excludes halogenated alkanes) is 4. The first-order valence-corrected chi connectivity index (χ1v) is 26.8. The van der Waals surface area contributed by atoms with Crippen LogP contribution in [0.15, 0.2) is 78.9 Å². The van der Waals surface area contributed by atoms with Gasteiger partial charge < -0.3 is 63.9 Å². The van der Waals surface area contributed by atoms with Gasteiger partial charge in [0.25, 0.3) is 0 Å². The number of fused-ring (bicyclic) bond motifs is 1. The molecule has 0 radical (unpaired) electrons. The summed E-state index contributed by atoms with van der Waals surface area (Å²) in [5.74, 6) is 1.94. The first kappa shape index (κ1) is 60.7. The van der Waals surface area contributed by atoms with Gasteiger partial charge in [0, 0.05) is 68.6 Å². The van der Waals surface area contributed by atoms with Gasteiger partial charge in [-0.1, -0.05) is 62.6 Å². The normalized spacial score (nSPS) is 12.6. The molecule has 0 atom stereocenters. The minimum atomic E-state index is -0.634. The molecule has 1 aromatic heterocycles. The van der Waals surface area contributed by atoms with Gasteiger partial charge >= 0.3 is 24.3 Å². The van der Waals surface area contributed by atoms with Crippen molar-refractivity contribution >= 4 is 58.2 Å². The molecule has 22 heteroatoms. The fraction of sp³-hybridized carbons (Fsp3) is 0.537. The van der Waals surface area contributed by atoms with Crippen LogP contribution in [0.5, 0.6) is 5.75 Å². The van der Waals surface area contributed by atoms with Crippen LogP contribution in [0.3, 0.4) is 0 Å². The summed E-state index contributed by atoms with van der Waals surface area (Å²) >= 11 is 5.66. The van der Waals surface area contributed by atoms with Gasteiger partial charge in [0.05, 0.1) is 76.5 Å². The highest BCUT2D eigenvalue weighted by Gasteiger charge is 2.17. The standard InChI is InChI=1S/C54H77ClN8O13/c1-2-3-14-44-41-50(60-51(64)59-48-18-19-49(47-17-7-6-16-46(47)48)73-33-25-62-23-31-71-32-24-62)63(61-44)45-15-12-13-43(40-45)42-58-54(67)75-28-11-10-27-74-52(65)56-21-29-70-36-37-72-38-39-76-53(66)57-22-30-69-35-34-68-26-9-5-4-8-20-55/h6-7,10-13,15-19,40-41H,2-5,8-9,14,20-39,42H2,1H3,(H,56,65)(H,57,66)(H,58,67)(H2,59,60,64)/b11-10+. The molecular formula is C54H77ClN8O13. The Morgan fingerprint density at radius 2 is 1.32 bits per heavy atom. The second kappa shape index (κ2) is 37.5. The molecular weight excluding hydrogens is 1000 g/mol. The van der Waals surface area contributed by atoms with E-state index in [1.54, 1.807) is 16.8 Å². The number of hydrogen-bond acceptors (Lipinski definition) is 15. The Bertz CT molecular complexity index is 2330. The van der Waals surface area contributed by atoms with Gasteiger partial charge in [-0.05, 0) is 67.7 Å². The van der Waals surface area contributed by atoms with E-state index in [-0.39, 0.29) is 59.3 Å². The predicted molar refractivity (Wildman–Crippen MR) is 290 cm³/mol. The van der Waals surface area contributed by atoms with Crippen LogP contribution in [0.1, 0.15) is 56.7 Å². The van der Waals surface area contributed by atoms with Crippen molar-refractivity contribution in [2.24, 2.45) is 0 Å². The van der Waals surface area contributed by atoms with Gasteiger partial charge in [0.15, 0.2) is 0 Å². The Kier molecular flexibility index (Phi) is 30.0. The number of amides is 5. The number of hydrogen-bond donors (Lipinski definition) is 5. The lowest BCUT2D eigenvalue weighted by Gasteiger charge is -2.26. The average molecular weight is 1080 g/mol. The molecule has 1 fully saturated rings. The SMILES string of the molecule is CCCCc1cc(NC(=O)Nc2ccc(OCCN3CCOCC3)c3ccccc23)n(-c2cccc(CNC(=O)OC/C=C/COC(=O)NCCOCCOCCOC(=O)NCCOCCOCCCCCCCl)c2)n1. The van der Waals surface area contributed by atoms with Gasteiger partial charge in [-0.25, -0.2) is 23.9 Å². The van der Waals surface area contributed by atoms with Crippen LogP contribution in [0, 0.1) is 0 Å². The monoisotopic (exact) mass is 1080 g/mol. The molecule has 0 spiro atoms. The number of anilines is 2. The lowest BCUT2D eigenvalue weighted by Crippen LogP contribution is -2.38. The molecule has 5 amide bonds. The molecule has 1 saturated heterocycles. The van der Waals surface area contributed by atoms with Gasteiger partial charge in [-0.15, -0.1) is 11.6 Å². The van der Waals surface area contributed by atoms with Crippen LogP contribution in [-0.2, 0) is 50.9 Å². The lowest BCUT2D eigenvalue weighted by molar-refractivity contribution is 0.0276. The number of carbonyl (C=O) groups excluding carboxylic acids is 4. The summed E-state index contributed by atoms with van der Waals surface area (Å²) in [6.45, 7) is 10.5. The highest BCUT2D eigenvalue weighted by molar-refractivity contribution is 6.17. The second-order valence-corrected chi connectivity index (χ2v) is 17.7. The third kappa shape index (κ3) is 24.6. The minimum Gasteiger partial charge on any atom is -0.492 e. The summed E-state index contributed by atoms with van der Waals surface area (Å²) in [5.41, 5.74) is 2.94. The van der Waals surface area contributed by atoms with E-state index in [2.05, 4.69) is 38.4 Å². The second-order valence-electron chi connectivity index (χ2n) is 17.3. The van der Waals surface area contributed by atoms with E-state index >= 15 is 0 Å². The number of halogens is 1. The number of benzene rings is 3. The van der Waals surface area contributed by atoms with E-state index < -0.39 is 24.3 Å². The molecule has 1 aliphatic heterocycles. The lowest BCUT2D eigenvalue weighted by atomic mass is 10.1.